The van der Waals surface area contributed by atoms with Crippen LogP contribution < -0.4 is 4.90 Å². The summed E-state index contributed by atoms with van der Waals surface area (Å²) < 4.78 is 0. The lowest BCUT2D eigenvalue weighted by molar-refractivity contribution is -0.111. The molecule has 1 aromatic rings. The van der Waals surface area contributed by atoms with E-state index in [2.05, 4.69) is 6.07 Å². The van der Waals surface area contributed by atoms with Crippen molar-refractivity contribution in [1.29, 1.82) is 5.26 Å². The molecule has 1 aromatic carbocycles. The van der Waals surface area contributed by atoms with E-state index in [9.17, 15) is 4.79 Å². The van der Waals surface area contributed by atoms with Gasteiger partial charge in [-0.05, 0) is 25.2 Å². The van der Waals surface area contributed by atoms with Gasteiger partial charge in [0.05, 0.1) is 11.6 Å². The number of likely N-dealkylation sites (N-methyl/N-ethyl adjacent to an activating group) is 1. The standard InChI is InChI=1S/C12H13N3O/c1-14-5-6-15(12(14)9-16)11-4-2-3-10(7-11)8-13/h2-4,7,9,12H,5-6H2,1H3. The van der Waals surface area contributed by atoms with Crippen molar-refractivity contribution in [1.82, 2.24) is 4.90 Å². The number of nitrogens with zero attached hydrogens (tertiary/aromatic N) is 3. The van der Waals surface area contributed by atoms with E-state index in [1.54, 1.807) is 6.07 Å². The number of benzene rings is 1. The van der Waals surface area contributed by atoms with Gasteiger partial charge in [0, 0.05) is 18.8 Å². The zero-order valence-corrected chi connectivity index (χ0v) is 9.13. The third-order valence-electron chi connectivity index (χ3n) is 2.89. The van der Waals surface area contributed by atoms with E-state index < -0.39 is 0 Å². The van der Waals surface area contributed by atoms with Gasteiger partial charge in [-0.15, -0.1) is 0 Å². The lowest BCUT2D eigenvalue weighted by atomic mass is 10.2. The predicted molar refractivity (Wildman–Crippen MR) is 61.0 cm³/mol. The molecule has 0 aromatic heterocycles. The van der Waals surface area contributed by atoms with Gasteiger partial charge in [-0.1, -0.05) is 6.07 Å². The molecule has 1 unspecified atom stereocenters. The highest BCUT2D eigenvalue weighted by atomic mass is 16.1. The molecule has 0 saturated carbocycles. The number of hydrogen-bond acceptors (Lipinski definition) is 4. The highest BCUT2D eigenvalue weighted by Gasteiger charge is 2.28. The van der Waals surface area contributed by atoms with Gasteiger partial charge < -0.3 is 4.90 Å². The molecule has 1 atom stereocenters. The molecular weight excluding hydrogens is 202 g/mol. The summed E-state index contributed by atoms with van der Waals surface area (Å²) in [4.78, 5) is 15.0. The van der Waals surface area contributed by atoms with Crippen LogP contribution in [0.15, 0.2) is 24.3 Å². The number of hydrogen-bond donors (Lipinski definition) is 0. The first-order valence-corrected chi connectivity index (χ1v) is 5.18. The molecule has 82 valence electrons. The van der Waals surface area contributed by atoms with E-state index in [0.29, 0.717) is 5.56 Å². The average Bonchev–Trinajstić information content (AvgIpc) is 2.70. The summed E-state index contributed by atoms with van der Waals surface area (Å²) in [5.41, 5.74) is 1.55. The molecule has 16 heavy (non-hydrogen) atoms. The second-order valence-corrected chi connectivity index (χ2v) is 3.89. The van der Waals surface area contributed by atoms with Crippen LogP contribution in [0.3, 0.4) is 0 Å². The Morgan fingerprint density at radius 1 is 1.50 bits per heavy atom. The van der Waals surface area contributed by atoms with E-state index in [0.717, 1.165) is 25.1 Å². The van der Waals surface area contributed by atoms with Crippen LogP contribution in [0.1, 0.15) is 5.56 Å². The molecule has 0 N–H and O–H groups in total. The maximum atomic E-state index is 11.0. The summed E-state index contributed by atoms with van der Waals surface area (Å²) in [6.45, 7) is 1.68. The van der Waals surface area contributed by atoms with Gasteiger partial charge in [0.1, 0.15) is 6.17 Å². The Kier molecular flexibility index (Phi) is 2.88. The normalized spacial score (nSPS) is 20.8. The topological polar surface area (TPSA) is 47.3 Å². The van der Waals surface area contributed by atoms with Crippen molar-refractivity contribution < 1.29 is 4.79 Å². The van der Waals surface area contributed by atoms with Gasteiger partial charge in [-0.3, -0.25) is 9.69 Å². The van der Waals surface area contributed by atoms with E-state index in [1.807, 2.05) is 35.0 Å². The van der Waals surface area contributed by atoms with E-state index in [1.165, 1.54) is 0 Å². The van der Waals surface area contributed by atoms with Gasteiger partial charge in [-0.25, -0.2) is 0 Å². The second-order valence-electron chi connectivity index (χ2n) is 3.89. The first-order valence-electron chi connectivity index (χ1n) is 5.18. The molecule has 2 rings (SSSR count). The number of nitriles is 1. The minimum absolute atomic E-state index is 0.214. The van der Waals surface area contributed by atoms with Crippen LogP contribution in [0.5, 0.6) is 0 Å². The number of anilines is 1. The summed E-state index contributed by atoms with van der Waals surface area (Å²) in [6, 6.07) is 9.45. The molecule has 0 bridgehead atoms. The summed E-state index contributed by atoms with van der Waals surface area (Å²) >= 11 is 0. The first kappa shape index (κ1) is 10.7. The number of aldehydes is 1. The molecule has 1 saturated heterocycles. The Bertz CT molecular complexity index is 438. The van der Waals surface area contributed by atoms with Crippen molar-refractivity contribution in [2.75, 3.05) is 25.0 Å². The molecular formula is C12H13N3O. The van der Waals surface area contributed by atoms with Crippen molar-refractivity contribution >= 4 is 12.0 Å². The highest BCUT2D eigenvalue weighted by molar-refractivity contribution is 5.67. The molecule has 0 radical (unpaired) electrons. The third kappa shape index (κ3) is 1.77. The zero-order valence-electron chi connectivity index (χ0n) is 9.13. The van der Waals surface area contributed by atoms with Gasteiger partial charge in [0.15, 0.2) is 6.29 Å². The van der Waals surface area contributed by atoms with E-state index in [4.69, 9.17) is 5.26 Å². The third-order valence-corrected chi connectivity index (χ3v) is 2.89. The Labute approximate surface area is 94.7 Å². The molecule has 4 heteroatoms. The van der Waals surface area contributed by atoms with Crippen LogP contribution >= 0.6 is 0 Å². The molecule has 0 amide bonds. The van der Waals surface area contributed by atoms with Gasteiger partial charge in [-0.2, -0.15) is 5.26 Å². The Hall–Kier alpha value is -1.86. The minimum atomic E-state index is -0.214. The maximum absolute atomic E-state index is 11.0. The molecule has 4 nitrogen and oxygen atoms in total. The summed E-state index contributed by atoms with van der Waals surface area (Å²) in [5, 5.41) is 8.83. The number of rotatable bonds is 2. The largest absolute Gasteiger partial charge is 0.348 e. The van der Waals surface area contributed by atoms with Crippen molar-refractivity contribution in [3.05, 3.63) is 29.8 Å². The Balaban J connectivity index is 2.30. The molecule has 1 heterocycles. The van der Waals surface area contributed by atoms with E-state index >= 15 is 0 Å². The maximum Gasteiger partial charge on any atom is 0.157 e. The monoisotopic (exact) mass is 215 g/mol. The fourth-order valence-electron chi connectivity index (χ4n) is 1.98. The van der Waals surface area contributed by atoms with Crippen LogP contribution in [-0.2, 0) is 4.79 Å². The Morgan fingerprint density at radius 2 is 2.31 bits per heavy atom. The van der Waals surface area contributed by atoms with Crippen LogP contribution in [0.2, 0.25) is 0 Å². The van der Waals surface area contributed by atoms with Gasteiger partial charge in [0.2, 0.25) is 0 Å². The smallest absolute Gasteiger partial charge is 0.157 e. The van der Waals surface area contributed by atoms with Gasteiger partial charge in [0.25, 0.3) is 0 Å². The SMILES string of the molecule is CN1CCN(c2cccc(C#N)c2)C1C=O. The predicted octanol–water partition coefficient (Wildman–Crippen LogP) is 0.835. The summed E-state index contributed by atoms with van der Waals surface area (Å²) in [7, 11) is 1.92. The van der Waals surface area contributed by atoms with Crippen LogP contribution in [0.4, 0.5) is 5.69 Å². The minimum Gasteiger partial charge on any atom is -0.348 e. The van der Waals surface area contributed by atoms with Crippen LogP contribution in [-0.4, -0.2) is 37.5 Å². The zero-order chi connectivity index (χ0) is 11.5. The molecule has 1 fully saturated rings. The van der Waals surface area contributed by atoms with Crippen molar-refractivity contribution in [3.8, 4) is 6.07 Å². The van der Waals surface area contributed by atoms with Crippen molar-refractivity contribution in [3.63, 3.8) is 0 Å². The summed E-state index contributed by atoms with van der Waals surface area (Å²) in [5.74, 6) is 0. The van der Waals surface area contributed by atoms with Crippen molar-refractivity contribution in [2.24, 2.45) is 0 Å². The number of carbonyl (C=O) groups is 1. The highest BCUT2D eigenvalue weighted by Crippen LogP contribution is 2.22. The molecule has 0 spiro atoms. The van der Waals surface area contributed by atoms with E-state index in [-0.39, 0.29) is 6.17 Å². The number of carbonyl (C=O) groups excluding carboxylic acids is 1. The fourth-order valence-corrected chi connectivity index (χ4v) is 1.98. The van der Waals surface area contributed by atoms with Crippen LogP contribution in [0.25, 0.3) is 0 Å². The molecule has 0 aliphatic carbocycles. The Morgan fingerprint density at radius 3 is 3.00 bits per heavy atom. The van der Waals surface area contributed by atoms with Crippen LogP contribution in [0, 0.1) is 11.3 Å². The average molecular weight is 215 g/mol. The van der Waals surface area contributed by atoms with Crippen molar-refractivity contribution in [2.45, 2.75) is 6.17 Å². The fraction of sp³-hybridized carbons (Fsp3) is 0.333. The molecule has 1 aliphatic heterocycles. The quantitative estimate of drug-likeness (QED) is 0.686. The first-order chi connectivity index (χ1) is 7.76. The molecule has 1 aliphatic rings. The second kappa shape index (κ2) is 4.33. The summed E-state index contributed by atoms with van der Waals surface area (Å²) in [6.07, 6.45) is 0.723. The lowest BCUT2D eigenvalue weighted by Crippen LogP contribution is -2.38. The van der Waals surface area contributed by atoms with Gasteiger partial charge >= 0.3 is 0 Å². The lowest BCUT2D eigenvalue weighted by Gasteiger charge is -2.25.